The van der Waals surface area contributed by atoms with Crippen LogP contribution in [0.15, 0.2) is 18.2 Å². The van der Waals surface area contributed by atoms with Crippen molar-refractivity contribution in [1.29, 1.82) is 0 Å². The first kappa shape index (κ1) is 12.2. The van der Waals surface area contributed by atoms with Gasteiger partial charge in [0.2, 0.25) is 0 Å². The maximum atomic E-state index is 13.9. The first-order chi connectivity index (χ1) is 8.09. The smallest absolute Gasteiger partial charge is 0.169 e. The highest BCUT2D eigenvalue weighted by atomic mass is 19.1. The predicted octanol–water partition coefficient (Wildman–Crippen LogP) is 1.94. The van der Waals surface area contributed by atoms with Crippen LogP contribution in [0.25, 0.3) is 0 Å². The van der Waals surface area contributed by atoms with E-state index >= 15 is 0 Å². The van der Waals surface area contributed by atoms with Crippen LogP contribution in [0.2, 0.25) is 0 Å². The third-order valence-electron chi connectivity index (χ3n) is 3.62. The van der Waals surface area contributed by atoms with Gasteiger partial charge in [-0.25, -0.2) is 4.39 Å². The largest absolute Gasteiger partial charge is 0.396 e. The molecule has 0 aromatic heterocycles. The van der Waals surface area contributed by atoms with Gasteiger partial charge in [0.25, 0.3) is 0 Å². The van der Waals surface area contributed by atoms with Gasteiger partial charge in [-0.05, 0) is 45.1 Å². The maximum Gasteiger partial charge on any atom is 0.169 e. The first-order valence-corrected chi connectivity index (χ1v) is 6.05. The molecule has 0 saturated carbocycles. The van der Waals surface area contributed by atoms with Gasteiger partial charge >= 0.3 is 0 Å². The van der Waals surface area contributed by atoms with Crippen LogP contribution in [0.5, 0.6) is 0 Å². The number of piperidine rings is 1. The number of rotatable bonds is 2. The first-order valence-electron chi connectivity index (χ1n) is 6.05. The number of hydrogen-bond donors (Lipinski definition) is 1. The molecule has 1 fully saturated rings. The normalized spacial score (nSPS) is 18.3. The second-order valence-corrected chi connectivity index (χ2v) is 4.83. The molecule has 3 nitrogen and oxygen atoms in total. The minimum Gasteiger partial charge on any atom is -0.396 e. The molecule has 4 heteroatoms. The minimum absolute atomic E-state index is 0.224. The number of likely N-dealkylation sites (tertiary alicyclic amines) is 1. The Bertz CT molecular complexity index is 386. The van der Waals surface area contributed by atoms with E-state index in [0.29, 0.717) is 11.7 Å². The summed E-state index contributed by atoms with van der Waals surface area (Å²) in [5.74, 6) is -0.297. The second-order valence-electron chi connectivity index (χ2n) is 4.83. The molecule has 0 amide bonds. The van der Waals surface area contributed by atoms with Crippen LogP contribution in [0.1, 0.15) is 12.8 Å². The molecule has 17 heavy (non-hydrogen) atoms. The summed E-state index contributed by atoms with van der Waals surface area (Å²) in [5.41, 5.74) is 6.44. The molecule has 1 heterocycles. The standard InChI is InChI=1S/C13H20FN3/c1-16-8-6-10(7-9-16)17(2)12-5-3-4-11(15)13(12)14/h3-5,10H,6-9,15H2,1-2H3. The Morgan fingerprint density at radius 2 is 2.00 bits per heavy atom. The maximum absolute atomic E-state index is 13.9. The van der Waals surface area contributed by atoms with Gasteiger partial charge in [0, 0.05) is 13.1 Å². The van der Waals surface area contributed by atoms with Crippen LogP contribution in [-0.4, -0.2) is 38.1 Å². The van der Waals surface area contributed by atoms with E-state index in [1.807, 2.05) is 11.9 Å². The number of halogens is 1. The summed E-state index contributed by atoms with van der Waals surface area (Å²) in [5, 5.41) is 0. The van der Waals surface area contributed by atoms with Crippen LogP contribution < -0.4 is 10.6 Å². The molecule has 2 N–H and O–H groups in total. The highest BCUT2D eigenvalue weighted by Gasteiger charge is 2.22. The van der Waals surface area contributed by atoms with Gasteiger partial charge in [-0.2, -0.15) is 0 Å². The molecular weight excluding hydrogens is 217 g/mol. The van der Waals surface area contributed by atoms with Crippen molar-refractivity contribution < 1.29 is 4.39 Å². The second kappa shape index (κ2) is 4.92. The average molecular weight is 237 g/mol. The molecule has 1 saturated heterocycles. The monoisotopic (exact) mass is 237 g/mol. The van der Waals surface area contributed by atoms with E-state index in [1.54, 1.807) is 18.2 Å². The van der Waals surface area contributed by atoms with Gasteiger partial charge in [-0.1, -0.05) is 6.07 Å². The molecular formula is C13H20FN3. The predicted molar refractivity (Wildman–Crippen MR) is 69.7 cm³/mol. The average Bonchev–Trinajstić information content (AvgIpc) is 2.33. The van der Waals surface area contributed by atoms with Crippen molar-refractivity contribution in [1.82, 2.24) is 4.90 Å². The number of nitrogens with two attached hydrogens (primary N) is 1. The van der Waals surface area contributed by atoms with Crippen LogP contribution in [0, 0.1) is 5.82 Å². The summed E-state index contributed by atoms with van der Waals surface area (Å²) in [6.07, 6.45) is 2.14. The van der Waals surface area contributed by atoms with E-state index in [0.717, 1.165) is 25.9 Å². The summed E-state index contributed by atoms with van der Waals surface area (Å²) in [6, 6.07) is 5.60. The van der Waals surface area contributed by atoms with E-state index in [2.05, 4.69) is 11.9 Å². The molecule has 0 radical (unpaired) electrons. The highest BCUT2D eigenvalue weighted by molar-refractivity contribution is 5.58. The Morgan fingerprint density at radius 1 is 1.35 bits per heavy atom. The summed E-state index contributed by atoms with van der Waals surface area (Å²) >= 11 is 0. The van der Waals surface area contributed by atoms with Crippen molar-refractivity contribution in [3.8, 4) is 0 Å². The molecule has 1 aliphatic heterocycles. The Morgan fingerprint density at radius 3 is 2.65 bits per heavy atom. The fraction of sp³-hybridized carbons (Fsp3) is 0.538. The van der Waals surface area contributed by atoms with Gasteiger partial charge in [0.05, 0.1) is 11.4 Å². The third kappa shape index (κ3) is 2.52. The lowest BCUT2D eigenvalue weighted by Gasteiger charge is -2.36. The fourth-order valence-corrected chi connectivity index (χ4v) is 2.39. The molecule has 94 valence electrons. The van der Waals surface area contributed by atoms with Crippen LogP contribution >= 0.6 is 0 Å². The summed E-state index contributed by atoms with van der Waals surface area (Å²) in [7, 11) is 4.07. The quantitative estimate of drug-likeness (QED) is 0.798. The van der Waals surface area contributed by atoms with E-state index < -0.39 is 0 Å². The lowest BCUT2D eigenvalue weighted by molar-refractivity contribution is 0.252. The lowest BCUT2D eigenvalue weighted by Crippen LogP contribution is -2.42. The number of benzene rings is 1. The van der Waals surface area contributed by atoms with Crippen molar-refractivity contribution in [2.45, 2.75) is 18.9 Å². The highest BCUT2D eigenvalue weighted by Crippen LogP contribution is 2.27. The Labute approximate surface area is 102 Å². The van der Waals surface area contributed by atoms with Crippen LogP contribution in [0.4, 0.5) is 15.8 Å². The molecule has 1 aliphatic rings. The van der Waals surface area contributed by atoms with Gasteiger partial charge in [-0.15, -0.1) is 0 Å². The van der Waals surface area contributed by atoms with E-state index in [9.17, 15) is 4.39 Å². The van der Waals surface area contributed by atoms with Crippen molar-refractivity contribution in [2.24, 2.45) is 0 Å². The molecule has 0 unspecified atom stereocenters. The third-order valence-corrected chi connectivity index (χ3v) is 3.62. The number of nitrogen functional groups attached to an aromatic ring is 1. The van der Waals surface area contributed by atoms with Crippen molar-refractivity contribution >= 4 is 11.4 Å². The molecule has 2 rings (SSSR count). The molecule has 0 atom stereocenters. The Balaban J connectivity index is 2.14. The fourth-order valence-electron chi connectivity index (χ4n) is 2.39. The molecule has 0 spiro atoms. The molecule has 0 aliphatic carbocycles. The zero-order valence-corrected chi connectivity index (χ0v) is 10.5. The van der Waals surface area contributed by atoms with E-state index in [-0.39, 0.29) is 11.5 Å². The minimum atomic E-state index is -0.297. The summed E-state index contributed by atoms with van der Waals surface area (Å²) in [6.45, 7) is 2.14. The topological polar surface area (TPSA) is 32.5 Å². The van der Waals surface area contributed by atoms with Crippen LogP contribution in [0.3, 0.4) is 0 Å². The number of nitrogens with zero attached hydrogens (tertiary/aromatic N) is 2. The van der Waals surface area contributed by atoms with Crippen molar-refractivity contribution in [3.05, 3.63) is 24.0 Å². The van der Waals surface area contributed by atoms with Crippen molar-refractivity contribution in [3.63, 3.8) is 0 Å². The molecule has 0 bridgehead atoms. The SMILES string of the molecule is CN1CCC(N(C)c2cccc(N)c2F)CC1. The lowest BCUT2D eigenvalue weighted by atomic mass is 10.0. The van der Waals surface area contributed by atoms with Gasteiger partial charge in [-0.3, -0.25) is 0 Å². The zero-order valence-electron chi connectivity index (χ0n) is 10.5. The zero-order chi connectivity index (χ0) is 12.4. The van der Waals surface area contributed by atoms with E-state index in [4.69, 9.17) is 5.73 Å². The number of anilines is 2. The van der Waals surface area contributed by atoms with E-state index in [1.165, 1.54) is 0 Å². The summed E-state index contributed by atoms with van der Waals surface area (Å²) in [4.78, 5) is 4.33. The van der Waals surface area contributed by atoms with Gasteiger partial charge < -0.3 is 15.5 Å². The Kier molecular flexibility index (Phi) is 3.52. The van der Waals surface area contributed by atoms with Gasteiger partial charge in [0.15, 0.2) is 5.82 Å². The van der Waals surface area contributed by atoms with Crippen molar-refractivity contribution in [2.75, 3.05) is 37.8 Å². The molecule has 1 aromatic carbocycles. The molecule has 1 aromatic rings. The van der Waals surface area contributed by atoms with Crippen LogP contribution in [-0.2, 0) is 0 Å². The van der Waals surface area contributed by atoms with Gasteiger partial charge in [0.1, 0.15) is 0 Å². The summed E-state index contributed by atoms with van der Waals surface area (Å²) < 4.78 is 13.9. The number of hydrogen-bond acceptors (Lipinski definition) is 3. The Hall–Kier alpha value is -1.29.